The highest BCUT2D eigenvalue weighted by Gasteiger charge is 2.48. The summed E-state index contributed by atoms with van der Waals surface area (Å²) in [6, 6.07) is 8.50. The minimum absolute atomic E-state index is 0.104. The summed E-state index contributed by atoms with van der Waals surface area (Å²) in [4.78, 5) is 40.3. The van der Waals surface area contributed by atoms with Gasteiger partial charge in [0.05, 0.1) is 59.3 Å². The molecule has 0 saturated heterocycles. The number of amides is 2. The molecule has 2 amide bonds. The predicted molar refractivity (Wildman–Crippen MR) is 154 cm³/mol. The van der Waals surface area contributed by atoms with Crippen molar-refractivity contribution in [2.45, 2.75) is 49.7 Å². The molecule has 6 radical (unpaired) electrons. The van der Waals surface area contributed by atoms with E-state index < -0.39 is 41.5 Å². The first-order chi connectivity index (χ1) is 20.3. The Hall–Kier alpha value is -4.42. The summed E-state index contributed by atoms with van der Waals surface area (Å²) < 4.78 is 38.4. The lowest BCUT2D eigenvalue weighted by Gasteiger charge is -2.41. The zero-order chi connectivity index (χ0) is 30.8. The summed E-state index contributed by atoms with van der Waals surface area (Å²) in [5.74, 6) is 0.0763. The van der Waals surface area contributed by atoms with Crippen molar-refractivity contribution in [1.82, 2.24) is 29.7 Å². The van der Waals surface area contributed by atoms with E-state index in [0.29, 0.717) is 28.2 Å². The number of benzene rings is 2. The molecule has 4 aromatic rings. The van der Waals surface area contributed by atoms with Gasteiger partial charge in [-0.25, -0.2) is 19.7 Å². The van der Waals surface area contributed by atoms with Crippen LogP contribution in [0, 0.1) is 0 Å². The number of halogens is 2. The van der Waals surface area contributed by atoms with Crippen LogP contribution in [0.1, 0.15) is 59.9 Å². The average molecular weight is 578 g/mol. The Morgan fingerprint density at radius 2 is 1.81 bits per heavy atom. The summed E-state index contributed by atoms with van der Waals surface area (Å²) in [7, 11) is 19.5. The summed E-state index contributed by atoms with van der Waals surface area (Å²) in [5.41, 5.74) is 2.16. The fraction of sp³-hybridized carbons (Fsp3) is 0.321. The first kappa shape index (κ1) is 28.7. The van der Waals surface area contributed by atoms with Gasteiger partial charge in [0.15, 0.2) is 5.82 Å². The van der Waals surface area contributed by atoms with Gasteiger partial charge >= 0.3 is 12.7 Å². The van der Waals surface area contributed by atoms with Gasteiger partial charge in [-0.1, -0.05) is 17.4 Å². The number of carbonyl (C=O) groups is 2. The van der Waals surface area contributed by atoms with Crippen molar-refractivity contribution in [2.75, 3.05) is 7.11 Å². The van der Waals surface area contributed by atoms with Crippen molar-refractivity contribution in [3.63, 3.8) is 0 Å². The zero-order valence-corrected chi connectivity index (χ0v) is 23.4. The third-order valence-corrected chi connectivity index (χ3v) is 7.71. The van der Waals surface area contributed by atoms with E-state index in [1.165, 1.54) is 25.3 Å². The second-order valence-electron chi connectivity index (χ2n) is 11.0. The number of nitrogens with zero attached hydrogens (tertiary/aromatic N) is 5. The number of hydrogen-bond acceptors (Lipinski definition) is 7. The number of alkyl carbamates (subject to hydrolysis) is 1. The van der Waals surface area contributed by atoms with Crippen LogP contribution < -0.4 is 10.1 Å². The Morgan fingerprint density at radius 1 is 1.09 bits per heavy atom. The Bertz CT molecular complexity index is 1760. The van der Waals surface area contributed by atoms with Crippen molar-refractivity contribution in [3.05, 3.63) is 71.6 Å². The number of rotatable bonds is 6. The van der Waals surface area contributed by atoms with Crippen LogP contribution in [0.2, 0.25) is 0 Å². The molecule has 15 heteroatoms. The van der Waals surface area contributed by atoms with E-state index in [-0.39, 0.29) is 23.3 Å². The molecule has 1 N–H and O–H groups in total. The minimum Gasteiger partial charge on any atom is -0.453 e. The molecule has 43 heavy (non-hydrogen) atoms. The van der Waals surface area contributed by atoms with Gasteiger partial charge in [-0.2, -0.15) is 8.78 Å². The highest BCUT2D eigenvalue weighted by Crippen LogP contribution is 2.51. The normalized spacial score (nSPS) is 17.9. The maximum Gasteiger partial charge on any atom is 0.407 e. The molecule has 212 valence electrons. The van der Waals surface area contributed by atoms with E-state index in [0.717, 1.165) is 10.5 Å². The number of carbonyl (C=O) groups excluding carboxylic acids is 2. The summed E-state index contributed by atoms with van der Waals surface area (Å²) in [6.07, 6.45) is 2.88. The van der Waals surface area contributed by atoms with Crippen molar-refractivity contribution in [1.29, 1.82) is 0 Å². The Morgan fingerprint density at radius 3 is 2.47 bits per heavy atom. The van der Waals surface area contributed by atoms with Crippen molar-refractivity contribution < 1.29 is 27.8 Å². The third-order valence-electron chi connectivity index (χ3n) is 7.71. The van der Waals surface area contributed by atoms with Gasteiger partial charge in [0.1, 0.15) is 11.6 Å². The molecule has 10 nitrogen and oxygen atoms in total. The smallest absolute Gasteiger partial charge is 0.407 e. The fourth-order valence-electron chi connectivity index (χ4n) is 5.90. The topological polar surface area (TPSA) is 111 Å². The molecule has 0 unspecified atom stereocenters. The SMILES string of the molecule is [B]C([B])([B])N1C(=O)c2cccc(OC(F)F)c2[C@H]2C[C@@H]1c1nc3ccc(-c4cnc(C(C)(C)NC(=O)OC)nc4)cc3n12. The van der Waals surface area contributed by atoms with E-state index in [2.05, 4.69) is 20.0 Å². The standard InChI is InChI=1S/C28H23B3F2N6O4/c1-27(2,37-26(41)42-3)24-34-11-14(12-35-24)13-7-8-16-17(9-13)38-18-10-19(22(38)36-16)39(28(29,30)31)23(40)15-5-4-6-20(21(15)18)43-25(32)33/h4-9,11-12,18-19,25H,10H2,1-3H3,(H,37,41)/t18-,19-/m1/s1. The third kappa shape index (κ3) is 4.80. The lowest BCUT2D eigenvalue weighted by Crippen LogP contribution is -2.54. The van der Waals surface area contributed by atoms with E-state index in [9.17, 15) is 18.4 Å². The molecule has 2 atom stereocenters. The fourth-order valence-corrected chi connectivity index (χ4v) is 5.90. The number of alkyl halides is 2. The molecule has 2 aliphatic heterocycles. The maximum absolute atomic E-state index is 13.7. The van der Waals surface area contributed by atoms with E-state index in [4.69, 9.17) is 33.3 Å². The van der Waals surface area contributed by atoms with Crippen molar-refractivity contribution >= 4 is 46.6 Å². The summed E-state index contributed by atoms with van der Waals surface area (Å²) in [5, 5.41) is 0.621. The second kappa shape index (κ2) is 10.1. The van der Waals surface area contributed by atoms with Gasteiger partial charge in [0.2, 0.25) is 0 Å². The largest absolute Gasteiger partial charge is 0.453 e. The molecule has 4 heterocycles. The Labute approximate surface area is 249 Å². The van der Waals surface area contributed by atoms with Crippen LogP contribution in [0.4, 0.5) is 13.6 Å². The van der Waals surface area contributed by atoms with Crippen LogP contribution in [0.15, 0.2) is 48.8 Å². The van der Waals surface area contributed by atoms with Crippen LogP contribution in [0.5, 0.6) is 5.75 Å². The summed E-state index contributed by atoms with van der Waals surface area (Å²) >= 11 is 0. The number of ether oxygens (including phenoxy) is 2. The van der Waals surface area contributed by atoms with E-state index >= 15 is 0 Å². The average Bonchev–Trinajstić information content (AvgIpc) is 3.44. The van der Waals surface area contributed by atoms with Gasteiger partial charge in [0.25, 0.3) is 5.91 Å². The maximum atomic E-state index is 13.7. The Kier molecular flexibility index (Phi) is 6.74. The first-order valence-electron chi connectivity index (χ1n) is 13.3. The van der Waals surface area contributed by atoms with Crippen molar-refractivity contribution in [2.24, 2.45) is 0 Å². The van der Waals surface area contributed by atoms with Gasteiger partial charge in [-0.05, 0) is 43.7 Å². The highest BCUT2D eigenvalue weighted by molar-refractivity contribution is 6.60. The monoisotopic (exact) mass is 578 g/mol. The lowest BCUT2D eigenvalue weighted by atomic mass is 9.48. The van der Waals surface area contributed by atoms with Gasteiger partial charge < -0.3 is 24.3 Å². The van der Waals surface area contributed by atoms with Crippen LogP contribution in [0.3, 0.4) is 0 Å². The molecular weight excluding hydrogens is 555 g/mol. The molecular formula is C28H23B3F2N6O4. The number of methoxy groups -OCH3 is 1. The van der Waals surface area contributed by atoms with E-state index in [1.807, 2.05) is 16.7 Å². The van der Waals surface area contributed by atoms with Gasteiger partial charge in [-0.15, -0.1) is 0 Å². The molecule has 2 aliphatic rings. The van der Waals surface area contributed by atoms with Gasteiger partial charge in [0, 0.05) is 35.5 Å². The van der Waals surface area contributed by atoms with Crippen LogP contribution in [0.25, 0.3) is 22.2 Å². The predicted octanol–water partition coefficient (Wildman–Crippen LogP) is 3.29. The number of imidazole rings is 1. The molecule has 2 bridgehead atoms. The molecule has 0 aliphatic carbocycles. The number of fused-ring (bicyclic) bond motifs is 9. The second-order valence-corrected chi connectivity index (χ2v) is 11.0. The molecule has 6 rings (SSSR count). The number of aromatic nitrogens is 4. The highest BCUT2D eigenvalue weighted by atomic mass is 19.3. The molecule has 0 saturated carbocycles. The minimum atomic E-state index is -3.11. The number of nitrogens with one attached hydrogen (secondary N) is 1. The van der Waals surface area contributed by atoms with Crippen LogP contribution >= 0.6 is 0 Å². The first-order valence-corrected chi connectivity index (χ1v) is 13.3. The molecule has 2 aromatic carbocycles. The van der Waals surface area contributed by atoms with E-state index in [1.54, 1.807) is 32.3 Å². The van der Waals surface area contributed by atoms with Crippen LogP contribution in [-0.2, 0) is 10.3 Å². The molecule has 0 spiro atoms. The van der Waals surface area contributed by atoms with Gasteiger partial charge in [-0.3, -0.25) is 4.79 Å². The van der Waals surface area contributed by atoms with Crippen molar-refractivity contribution in [3.8, 4) is 16.9 Å². The number of hydrogen-bond donors (Lipinski definition) is 1. The summed E-state index contributed by atoms with van der Waals surface area (Å²) in [6.45, 7) is 0.382. The van der Waals surface area contributed by atoms with Crippen LogP contribution in [-0.4, -0.2) is 78.9 Å². The Balaban J connectivity index is 1.48. The molecule has 0 fully saturated rings. The quantitative estimate of drug-likeness (QED) is 0.350. The molecule has 2 aromatic heterocycles. The zero-order valence-electron chi connectivity index (χ0n) is 23.4. The lowest BCUT2D eigenvalue weighted by molar-refractivity contribution is -0.0507.